The van der Waals surface area contributed by atoms with Crippen LogP contribution in [-0.4, -0.2) is 32.4 Å². The fraction of sp³-hybridized carbons (Fsp3) is 0.250. The van der Waals surface area contributed by atoms with Crippen LogP contribution in [0.4, 0.5) is 0 Å². The second-order valence-electron chi connectivity index (χ2n) is 5.20. The van der Waals surface area contributed by atoms with Gasteiger partial charge in [0.2, 0.25) is 10.0 Å². The van der Waals surface area contributed by atoms with Gasteiger partial charge in [-0.05, 0) is 29.8 Å². The summed E-state index contributed by atoms with van der Waals surface area (Å²) < 4.78 is 32.7. The predicted octanol–water partition coefficient (Wildman–Crippen LogP) is 3.76. The van der Waals surface area contributed by atoms with E-state index >= 15 is 0 Å². The second kappa shape index (κ2) is 6.79. The van der Waals surface area contributed by atoms with Gasteiger partial charge in [-0.2, -0.15) is 4.31 Å². The molecule has 0 saturated carbocycles. The van der Waals surface area contributed by atoms with Crippen LogP contribution in [-0.2, 0) is 14.8 Å². The lowest BCUT2D eigenvalue weighted by molar-refractivity contribution is -0.00255. The molecule has 0 radical (unpaired) electrons. The summed E-state index contributed by atoms with van der Waals surface area (Å²) in [6.07, 6.45) is -0.321. The van der Waals surface area contributed by atoms with Crippen LogP contribution in [0.2, 0.25) is 10.0 Å². The molecule has 2 aromatic carbocycles. The lowest BCUT2D eigenvalue weighted by Crippen LogP contribution is -2.42. The molecule has 0 aromatic heterocycles. The van der Waals surface area contributed by atoms with Crippen molar-refractivity contribution in [3.63, 3.8) is 0 Å². The van der Waals surface area contributed by atoms with Crippen molar-refractivity contribution in [3.8, 4) is 0 Å². The van der Waals surface area contributed by atoms with Crippen molar-refractivity contribution >= 4 is 33.2 Å². The summed E-state index contributed by atoms with van der Waals surface area (Å²) >= 11 is 11.9. The summed E-state index contributed by atoms with van der Waals surface area (Å²) in [5.41, 5.74) is 0.897. The number of hydrogen-bond acceptors (Lipinski definition) is 3. The Morgan fingerprint density at radius 1 is 1.04 bits per heavy atom. The Hall–Kier alpha value is -1.11. The van der Waals surface area contributed by atoms with Gasteiger partial charge in [0.25, 0.3) is 0 Å². The van der Waals surface area contributed by atoms with E-state index < -0.39 is 10.0 Å². The maximum atomic E-state index is 12.8. The molecule has 0 N–H and O–H groups in total. The molecule has 1 unspecified atom stereocenters. The SMILES string of the molecule is O=S(=O)(c1ccccc1Cl)N1CCOC(c2ccc(Cl)cc2)C1. The number of ether oxygens (including phenoxy) is 1. The average molecular weight is 372 g/mol. The first-order valence-corrected chi connectivity index (χ1v) is 9.30. The van der Waals surface area contributed by atoms with Gasteiger partial charge in [0.1, 0.15) is 4.90 Å². The normalized spacial score (nSPS) is 19.7. The predicted molar refractivity (Wildman–Crippen MR) is 90.4 cm³/mol. The molecular formula is C16H15Cl2NO3S. The highest BCUT2D eigenvalue weighted by molar-refractivity contribution is 7.89. The van der Waals surface area contributed by atoms with Gasteiger partial charge < -0.3 is 4.74 Å². The van der Waals surface area contributed by atoms with E-state index in [0.717, 1.165) is 5.56 Å². The van der Waals surface area contributed by atoms with Gasteiger partial charge in [0, 0.05) is 18.1 Å². The van der Waals surface area contributed by atoms with Crippen LogP contribution in [0.5, 0.6) is 0 Å². The molecule has 0 amide bonds. The minimum atomic E-state index is -3.65. The third kappa shape index (κ3) is 3.54. The molecule has 1 fully saturated rings. The standard InChI is InChI=1S/C16H15Cl2NO3S/c17-13-7-5-12(6-8-13)15-11-19(9-10-22-15)23(20,21)16-4-2-1-3-14(16)18/h1-8,15H,9-11H2. The van der Waals surface area contributed by atoms with E-state index in [1.165, 1.54) is 10.4 Å². The molecule has 1 saturated heterocycles. The highest BCUT2D eigenvalue weighted by atomic mass is 35.5. The van der Waals surface area contributed by atoms with E-state index in [1.807, 2.05) is 12.1 Å². The average Bonchev–Trinajstić information content (AvgIpc) is 2.56. The number of benzene rings is 2. The van der Waals surface area contributed by atoms with Crippen molar-refractivity contribution in [1.29, 1.82) is 0 Å². The van der Waals surface area contributed by atoms with Crippen molar-refractivity contribution < 1.29 is 13.2 Å². The van der Waals surface area contributed by atoms with Gasteiger partial charge in [-0.3, -0.25) is 0 Å². The third-order valence-corrected chi connectivity index (χ3v) is 6.34. The van der Waals surface area contributed by atoms with E-state index in [9.17, 15) is 8.42 Å². The van der Waals surface area contributed by atoms with Crippen molar-refractivity contribution in [1.82, 2.24) is 4.31 Å². The number of halogens is 2. The highest BCUT2D eigenvalue weighted by Gasteiger charge is 2.32. The zero-order chi connectivity index (χ0) is 16.4. The summed E-state index contributed by atoms with van der Waals surface area (Å²) in [6, 6.07) is 13.7. The molecule has 122 valence electrons. The maximum Gasteiger partial charge on any atom is 0.244 e. The Kier molecular flexibility index (Phi) is 4.94. The number of morpholine rings is 1. The van der Waals surface area contributed by atoms with Gasteiger partial charge in [-0.25, -0.2) is 8.42 Å². The van der Waals surface area contributed by atoms with Crippen LogP contribution >= 0.6 is 23.2 Å². The van der Waals surface area contributed by atoms with Gasteiger partial charge in [0.05, 0.1) is 17.7 Å². The number of sulfonamides is 1. The molecule has 2 aromatic rings. The summed E-state index contributed by atoms with van der Waals surface area (Å²) in [5.74, 6) is 0. The molecular weight excluding hydrogens is 357 g/mol. The summed E-state index contributed by atoms with van der Waals surface area (Å²) in [5, 5.41) is 0.854. The number of hydrogen-bond donors (Lipinski definition) is 0. The first-order valence-electron chi connectivity index (χ1n) is 7.10. The lowest BCUT2D eigenvalue weighted by atomic mass is 10.1. The molecule has 23 heavy (non-hydrogen) atoms. The molecule has 1 aliphatic heterocycles. The van der Waals surface area contributed by atoms with Gasteiger partial charge >= 0.3 is 0 Å². The smallest absolute Gasteiger partial charge is 0.244 e. The lowest BCUT2D eigenvalue weighted by Gasteiger charge is -2.32. The quantitative estimate of drug-likeness (QED) is 0.824. The van der Waals surface area contributed by atoms with Crippen LogP contribution in [0, 0.1) is 0 Å². The third-order valence-electron chi connectivity index (χ3n) is 3.73. The van der Waals surface area contributed by atoms with E-state index in [0.29, 0.717) is 18.2 Å². The maximum absolute atomic E-state index is 12.8. The van der Waals surface area contributed by atoms with Crippen LogP contribution < -0.4 is 0 Å². The van der Waals surface area contributed by atoms with E-state index in [-0.39, 0.29) is 22.6 Å². The molecule has 4 nitrogen and oxygen atoms in total. The molecule has 1 heterocycles. The monoisotopic (exact) mass is 371 g/mol. The Labute approximate surface area is 145 Å². The topological polar surface area (TPSA) is 46.6 Å². The Bertz CT molecular complexity index is 793. The molecule has 0 bridgehead atoms. The summed E-state index contributed by atoms with van der Waals surface area (Å²) in [6.45, 7) is 0.879. The van der Waals surface area contributed by atoms with Gasteiger partial charge in [-0.1, -0.05) is 47.5 Å². The Morgan fingerprint density at radius 2 is 1.74 bits per heavy atom. The molecule has 0 aliphatic carbocycles. The zero-order valence-corrected chi connectivity index (χ0v) is 14.5. The van der Waals surface area contributed by atoms with Crippen molar-refractivity contribution in [2.45, 2.75) is 11.0 Å². The molecule has 0 spiro atoms. The first-order chi connectivity index (χ1) is 11.0. The highest BCUT2D eigenvalue weighted by Crippen LogP contribution is 2.29. The van der Waals surface area contributed by atoms with Crippen molar-refractivity contribution in [3.05, 3.63) is 64.1 Å². The minimum absolute atomic E-state index is 0.124. The van der Waals surface area contributed by atoms with E-state index in [2.05, 4.69) is 0 Å². The zero-order valence-electron chi connectivity index (χ0n) is 12.2. The van der Waals surface area contributed by atoms with E-state index in [4.69, 9.17) is 27.9 Å². The second-order valence-corrected chi connectivity index (χ2v) is 7.95. The Balaban J connectivity index is 1.86. The minimum Gasteiger partial charge on any atom is -0.371 e. The molecule has 1 aliphatic rings. The summed E-state index contributed by atoms with van der Waals surface area (Å²) in [7, 11) is -3.65. The molecule has 7 heteroatoms. The molecule has 1 atom stereocenters. The van der Waals surface area contributed by atoms with Crippen LogP contribution in [0.15, 0.2) is 53.4 Å². The van der Waals surface area contributed by atoms with Gasteiger partial charge in [-0.15, -0.1) is 0 Å². The summed E-state index contributed by atoms with van der Waals surface area (Å²) in [4.78, 5) is 0.124. The fourth-order valence-corrected chi connectivity index (χ4v) is 4.56. The van der Waals surface area contributed by atoms with Crippen molar-refractivity contribution in [2.24, 2.45) is 0 Å². The first kappa shape index (κ1) is 16.7. The van der Waals surface area contributed by atoms with Crippen LogP contribution in [0.1, 0.15) is 11.7 Å². The number of nitrogens with zero attached hydrogens (tertiary/aromatic N) is 1. The van der Waals surface area contributed by atoms with Crippen LogP contribution in [0.25, 0.3) is 0 Å². The Morgan fingerprint density at radius 3 is 2.43 bits per heavy atom. The fourth-order valence-electron chi connectivity index (χ4n) is 2.52. The van der Waals surface area contributed by atoms with E-state index in [1.54, 1.807) is 30.3 Å². The molecule has 3 rings (SSSR count). The van der Waals surface area contributed by atoms with Crippen LogP contribution in [0.3, 0.4) is 0 Å². The van der Waals surface area contributed by atoms with Crippen molar-refractivity contribution in [2.75, 3.05) is 19.7 Å². The number of rotatable bonds is 3. The largest absolute Gasteiger partial charge is 0.371 e. The van der Waals surface area contributed by atoms with Gasteiger partial charge in [0.15, 0.2) is 0 Å².